The van der Waals surface area contributed by atoms with Crippen LogP contribution < -0.4 is 10.2 Å². The number of rotatable bonds is 7. The van der Waals surface area contributed by atoms with Crippen molar-refractivity contribution >= 4 is 111 Å². The van der Waals surface area contributed by atoms with Crippen LogP contribution in [0, 0.1) is 0 Å². The van der Waals surface area contributed by atoms with E-state index in [1.165, 1.54) is 16.7 Å². The molecule has 2 saturated heterocycles. The van der Waals surface area contributed by atoms with Crippen molar-refractivity contribution in [2.45, 2.75) is 43.6 Å². The number of thioether (sulfide) groups is 1. The van der Waals surface area contributed by atoms with Crippen molar-refractivity contribution in [2.24, 2.45) is 0 Å². The average Bonchev–Trinajstić information content (AvgIpc) is 3.05. The highest BCUT2D eigenvalue weighted by Gasteiger charge is 2.64. The number of anilines is 1. The smallest absolute Gasteiger partial charge is 0.414 e. The third-order valence-corrected chi connectivity index (χ3v) is 7.53. The van der Waals surface area contributed by atoms with E-state index in [1.807, 2.05) is 0 Å². The number of β-lactam (4-membered cyclic amide) rings is 1. The molecule has 0 aromatic heterocycles. The van der Waals surface area contributed by atoms with Gasteiger partial charge in [0.05, 0.1) is 0 Å². The van der Waals surface area contributed by atoms with Crippen molar-refractivity contribution in [1.29, 1.82) is 0 Å². The summed E-state index contributed by atoms with van der Waals surface area (Å²) in [6.07, 6.45) is -0.928. The Morgan fingerprint density at radius 3 is 2.16 bits per heavy atom. The monoisotopic (exact) mass is 653 g/mol. The molecule has 2 aliphatic rings. The zero-order chi connectivity index (χ0) is 27.8. The van der Waals surface area contributed by atoms with Crippen LogP contribution in [0.3, 0.4) is 0 Å². The van der Waals surface area contributed by atoms with Crippen LogP contribution in [0.15, 0.2) is 30.3 Å². The highest BCUT2D eigenvalue weighted by atomic mass is 35.6. The summed E-state index contributed by atoms with van der Waals surface area (Å²) in [7, 11) is 0. The van der Waals surface area contributed by atoms with E-state index < -0.39 is 73.4 Å². The fraction of sp³-hybridized carbons (Fsp3) is 0.524. The third kappa shape index (κ3) is 7.77. The second-order valence-corrected chi connectivity index (χ2v) is 15.4. The topological polar surface area (TPSA) is 105 Å². The Morgan fingerprint density at radius 2 is 1.59 bits per heavy atom. The standard InChI is InChI=1S/C21H21Cl6N3O6S/c1-19(2)14(17(33)35-9-20(22,23)24)30-15(32)13(16(30)37-19)28-12(31)8-29(11-6-4-3-5-7-11)18(34)36-10-21(25,26)27/h3-7,13-14,16H,8-10H2,1-2H3,(H,28,31)/t13?,14?,16-/m1/s1. The van der Waals surface area contributed by atoms with E-state index >= 15 is 0 Å². The first-order valence-electron chi connectivity index (χ1n) is 10.6. The van der Waals surface area contributed by atoms with Crippen molar-refractivity contribution < 1.29 is 28.7 Å². The molecule has 2 aliphatic heterocycles. The van der Waals surface area contributed by atoms with Crippen molar-refractivity contribution in [3.63, 3.8) is 0 Å². The molecule has 9 nitrogen and oxygen atoms in total. The molecule has 0 spiro atoms. The first-order chi connectivity index (χ1) is 17.0. The lowest BCUT2D eigenvalue weighted by Crippen LogP contribution is -2.71. The van der Waals surface area contributed by atoms with Gasteiger partial charge in [-0.25, -0.2) is 9.59 Å². The Kier molecular flexibility index (Phi) is 9.59. The Hall–Kier alpha value is -1.01. The molecule has 1 N–H and O–H groups in total. The first kappa shape index (κ1) is 30.5. The van der Waals surface area contributed by atoms with Crippen LogP contribution in [-0.2, 0) is 23.9 Å². The molecule has 3 amide bonds. The predicted molar refractivity (Wildman–Crippen MR) is 145 cm³/mol. The zero-order valence-corrected chi connectivity index (χ0v) is 24.6. The number of nitrogens with zero attached hydrogens (tertiary/aromatic N) is 2. The van der Waals surface area contributed by atoms with Gasteiger partial charge < -0.3 is 19.7 Å². The number of benzene rings is 1. The van der Waals surface area contributed by atoms with E-state index in [0.717, 1.165) is 4.90 Å². The summed E-state index contributed by atoms with van der Waals surface area (Å²) in [6, 6.07) is 6.34. The second kappa shape index (κ2) is 11.6. The van der Waals surface area contributed by atoms with E-state index in [4.69, 9.17) is 79.1 Å². The normalized spacial score (nSPS) is 22.5. The van der Waals surface area contributed by atoms with Crippen LogP contribution in [0.5, 0.6) is 0 Å². The summed E-state index contributed by atoms with van der Waals surface area (Å²) in [6.45, 7) is 2.02. The van der Waals surface area contributed by atoms with Gasteiger partial charge >= 0.3 is 12.1 Å². The van der Waals surface area contributed by atoms with Gasteiger partial charge in [-0.1, -0.05) is 87.8 Å². The van der Waals surface area contributed by atoms with Crippen molar-refractivity contribution in [1.82, 2.24) is 10.2 Å². The van der Waals surface area contributed by atoms with Gasteiger partial charge in [0.15, 0.2) is 0 Å². The number of esters is 1. The molecule has 2 fully saturated rings. The van der Waals surface area contributed by atoms with Gasteiger partial charge in [-0.2, -0.15) is 0 Å². The van der Waals surface area contributed by atoms with Gasteiger partial charge in [-0.3, -0.25) is 14.5 Å². The lowest BCUT2D eigenvalue weighted by atomic mass is 9.96. The molecule has 204 valence electrons. The number of amides is 3. The second-order valence-electron chi connectivity index (χ2n) is 8.62. The summed E-state index contributed by atoms with van der Waals surface area (Å²) in [5.41, 5.74) is 0.349. The van der Waals surface area contributed by atoms with Crippen LogP contribution in [-0.4, -0.2) is 78.3 Å². The van der Waals surface area contributed by atoms with E-state index in [2.05, 4.69) is 5.32 Å². The van der Waals surface area contributed by atoms with Crippen LogP contribution in [0.4, 0.5) is 10.5 Å². The molecule has 2 heterocycles. The number of hydrogen-bond acceptors (Lipinski definition) is 7. The van der Waals surface area contributed by atoms with E-state index in [9.17, 15) is 19.2 Å². The predicted octanol–water partition coefficient (Wildman–Crippen LogP) is 4.46. The summed E-state index contributed by atoms with van der Waals surface area (Å²) in [4.78, 5) is 53.6. The molecular weight excluding hydrogens is 635 g/mol. The summed E-state index contributed by atoms with van der Waals surface area (Å²) in [5.74, 6) is -1.86. The SMILES string of the molecule is CC1(C)S[C@@H]2C(NC(=O)CN(C(=O)OCC(Cl)(Cl)Cl)c3ccccc3)C(=O)N2C1C(=O)OCC(Cl)(Cl)Cl. The zero-order valence-electron chi connectivity index (χ0n) is 19.3. The molecule has 16 heteroatoms. The molecule has 2 unspecified atom stereocenters. The maximum Gasteiger partial charge on any atom is 0.414 e. The highest BCUT2D eigenvalue weighted by molar-refractivity contribution is 8.01. The summed E-state index contributed by atoms with van der Waals surface area (Å²) >= 11 is 35.2. The fourth-order valence-electron chi connectivity index (χ4n) is 3.81. The molecule has 3 rings (SSSR count). The van der Waals surface area contributed by atoms with Gasteiger partial charge in [-0.15, -0.1) is 11.8 Å². The number of fused-ring (bicyclic) bond motifs is 1. The molecule has 0 bridgehead atoms. The van der Waals surface area contributed by atoms with Crippen molar-refractivity contribution in [3.05, 3.63) is 30.3 Å². The molecule has 3 atom stereocenters. The maximum absolute atomic E-state index is 12.9. The number of ether oxygens (including phenoxy) is 2. The Morgan fingerprint density at radius 1 is 1.03 bits per heavy atom. The minimum atomic E-state index is -1.84. The van der Waals surface area contributed by atoms with Gasteiger partial charge in [-0.05, 0) is 26.0 Å². The van der Waals surface area contributed by atoms with Gasteiger partial charge in [0, 0.05) is 10.4 Å². The number of halogens is 6. The maximum atomic E-state index is 12.9. The summed E-state index contributed by atoms with van der Waals surface area (Å²) < 4.78 is 5.74. The van der Waals surface area contributed by atoms with Gasteiger partial charge in [0.1, 0.15) is 37.2 Å². The molecule has 1 aromatic rings. The number of para-hydroxylation sites is 1. The van der Waals surface area contributed by atoms with Crippen LogP contribution in [0.25, 0.3) is 0 Å². The number of carbonyl (C=O) groups excluding carboxylic acids is 4. The molecule has 37 heavy (non-hydrogen) atoms. The Balaban J connectivity index is 1.67. The van der Waals surface area contributed by atoms with E-state index in [1.54, 1.807) is 44.2 Å². The fourth-order valence-corrected chi connectivity index (χ4v) is 5.76. The number of carbonyl (C=O) groups is 4. The molecular formula is C21H21Cl6N3O6S. The average molecular weight is 656 g/mol. The molecule has 1 aromatic carbocycles. The quantitative estimate of drug-likeness (QED) is 0.263. The highest BCUT2D eigenvalue weighted by Crippen LogP contribution is 2.51. The first-order valence-corrected chi connectivity index (χ1v) is 13.7. The van der Waals surface area contributed by atoms with Crippen LogP contribution in [0.1, 0.15) is 13.8 Å². The van der Waals surface area contributed by atoms with E-state index in [-0.39, 0.29) is 0 Å². The van der Waals surface area contributed by atoms with Gasteiger partial charge in [0.2, 0.25) is 19.4 Å². The van der Waals surface area contributed by atoms with E-state index in [0.29, 0.717) is 5.69 Å². The lowest BCUT2D eigenvalue weighted by Gasteiger charge is -2.44. The lowest BCUT2D eigenvalue weighted by molar-refractivity contribution is -0.164. The molecule has 0 saturated carbocycles. The Labute approximate surface area is 247 Å². The van der Waals surface area contributed by atoms with Crippen LogP contribution in [0.2, 0.25) is 0 Å². The van der Waals surface area contributed by atoms with Crippen LogP contribution >= 0.6 is 81.4 Å². The molecule has 0 aliphatic carbocycles. The van der Waals surface area contributed by atoms with Gasteiger partial charge in [0.25, 0.3) is 0 Å². The third-order valence-electron chi connectivity index (χ3n) is 5.31. The number of alkyl halides is 6. The minimum absolute atomic E-state index is 0.349. The minimum Gasteiger partial charge on any atom is -0.460 e. The molecule has 0 radical (unpaired) electrons. The van der Waals surface area contributed by atoms with Crippen molar-refractivity contribution in [3.8, 4) is 0 Å². The number of hydrogen-bond donors (Lipinski definition) is 1. The Bertz CT molecular complexity index is 1050. The number of nitrogens with one attached hydrogen (secondary N) is 1. The summed E-state index contributed by atoms with van der Waals surface area (Å²) in [5, 5.41) is 2.08. The largest absolute Gasteiger partial charge is 0.460 e. The van der Waals surface area contributed by atoms with Crippen molar-refractivity contribution in [2.75, 3.05) is 24.7 Å².